The Balaban J connectivity index is 2.07. The van der Waals surface area contributed by atoms with E-state index in [1.807, 2.05) is 31.2 Å². The number of rotatable bonds is 4. The molecule has 0 amide bonds. The lowest BCUT2D eigenvalue weighted by molar-refractivity contribution is 0.199. The van der Waals surface area contributed by atoms with E-state index < -0.39 is 6.10 Å². The number of aliphatic hydroxyl groups is 1. The van der Waals surface area contributed by atoms with Crippen LogP contribution < -0.4 is 4.74 Å². The molecule has 0 aliphatic carbocycles. The molecule has 0 aromatic heterocycles. The van der Waals surface area contributed by atoms with Crippen LogP contribution in [0, 0.1) is 6.92 Å². The second kappa shape index (κ2) is 5.76. The maximum atomic E-state index is 9.51. The van der Waals surface area contributed by atoms with Gasteiger partial charge in [-0.05, 0) is 54.8 Å². The molecule has 0 saturated carbocycles. The van der Waals surface area contributed by atoms with Crippen LogP contribution in [0.3, 0.4) is 0 Å². The lowest BCUT2D eigenvalue weighted by Gasteiger charge is -2.12. The summed E-state index contributed by atoms with van der Waals surface area (Å²) in [6.07, 6.45) is -0.473. The molecule has 1 unspecified atom stereocenters. The van der Waals surface area contributed by atoms with Crippen LogP contribution >= 0.6 is 0 Å². The van der Waals surface area contributed by atoms with Crippen molar-refractivity contribution in [1.29, 1.82) is 0 Å². The van der Waals surface area contributed by atoms with Gasteiger partial charge in [0, 0.05) is 0 Å². The average Bonchev–Trinajstić information content (AvgIpc) is 2.37. The zero-order valence-corrected chi connectivity index (χ0v) is 11.1. The Hall–Kier alpha value is -2.00. The summed E-state index contributed by atoms with van der Waals surface area (Å²) in [5.74, 6) is 1.02. The van der Waals surface area contributed by atoms with Crippen molar-refractivity contribution in [2.45, 2.75) is 26.6 Å². The molecule has 1 atom stereocenters. The van der Waals surface area contributed by atoms with E-state index in [1.54, 1.807) is 25.1 Å². The van der Waals surface area contributed by atoms with Gasteiger partial charge in [0.15, 0.2) is 0 Å². The normalized spacial score (nSPS) is 12.2. The van der Waals surface area contributed by atoms with Gasteiger partial charge < -0.3 is 14.9 Å². The summed E-state index contributed by atoms with van der Waals surface area (Å²) in [5, 5.41) is 18.9. The Morgan fingerprint density at radius 3 is 2.58 bits per heavy atom. The van der Waals surface area contributed by atoms with E-state index >= 15 is 0 Å². The molecule has 0 bridgehead atoms. The number of aryl methyl sites for hydroxylation is 1. The number of benzene rings is 2. The summed E-state index contributed by atoms with van der Waals surface area (Å²) in [7, 11) is 0. The summed E-state index contributed by atoms with van der Waals surface area (Å²) in [4.78, 5) is 0. The highest BCUT2D eigenvalue weighted by molar-refractivity contribution is 5.37. The highest BCUT2D eigenvalue weighted by Crippen LogP contribution is 2.23. The molecule has 3 heteroatoms. The number of hydrogen-bond donors (Lipinski definition) is 2. The lowest BCUT2D eigenvalue weighted by Crippen LogP contribution is -1.98. The Bertz CT molecular complexity index is 562. The largest absolute Gasteiger partial charge is 0.508 e. The van der Waals surface area contributed by atoms with Gasteiger partial charge in [0.1, 0.15) is 18.1 Å². The summed E-state index contributed by atoms with van der Waals surface area (Å²) in [6, 6.07) is 12.6. The quantitative estimate of drug-likeness (QED) is 0.884. The number of ether oxygens (including phenoxy) is 1. The first kappa shape index (κ1) is 13.4. The zero-order chi connectivity index (χ0) is 13.8. The predicted molar refractivity (Wildman–Crippen MR) is 74.3 cm³/mol. The molecule has 2 rings (SSSR count). The van der Waals surface area contributed by atoms with Crippen LogP contribution in [0.1, 0.15) is 29.7 Å². The standard InChI is InChI=1S/C16H18O3/c1-11-8-14(12(2)17)6-7-16(11)19-10-13-4-3-5-15(18)9-13/h3-9,12,17-18H,10H2,1-2H3. The lowest BCUT2D eigenvalue weighted by atomic mass is 10.1. The third-order valence-corrected chi connectivity index (χ3v) is 2.99. The molecule has 0 aliphatic heterocycles. The van der Waals surface area contributed by atoms with E-state index in [1.165, 1.54) is 0 Å². The summed E-state index contributed by atoms with van der Waals surface area (Å²) in [6.45, 7) is 4.09. The smallest absolute Gasteiger partial charge is 0.122 e. The Labute approximate surface area is 113 Å². The topological polar surface area (TPSA) is 49.7 Å². The molecule has 100 valence electrons. The molecule has 0 fully saturated rings. The molecule has 0 saturated heterocycles. The van der Waals surface area contributed by atoms with Gasteiger partial charge in [-0.3, -0.25) is 0 Å². The van der Waals surface area contributed by atoms with Gasteiger partial charge in [-0.15, -0.1) is 0 Å². The summed E-state index contributed by atoms with van der Waals surface area (Å²) in [5.41, 5.74) is 2.78. The van der Waals surface area contributed by atoms with Gasteiger partial charge in [0.05, 0.1) is 6.10 Å². The molecular weight excluding hydrogens is 240 g/mol. The van der Waals surface area contributed by atoms with E-state index in [0.29, 0.717) is 6.61 Å². The monoisotopic (exact) mass is 258 g/mol. The Morgan fingerprint density at radius 2 is 1.95 bits per heavy atom. The fraction of sp³-hybridized carbons (Fsp3) is 0.250. The number of hydrogen-bond acceptors (Lipinski definition) is 3. The van der Waals surface area contributed by atoms with Crippen LogP contribution in [0.25, 0.3) is 0 Å². The number of aromatic hydroxyl groups is 1. The fourth-order valence-corrected chi connectivity index (χ4v) is 1.90. The maximum absolute atomic E-state index is 9.51. The van der Waals surface area contributed by atoms with Crippen molar-refractivity contribution in [3.05, 3.63) is 59.2 Å². The highest BCUT2D eigenvalue weighted by atomic mass is 16.5. The molecule has 2 aromatic rings. The van der Waals surface area contributed by atoms with Crippen LogP contribution in [0.15, 0.2) is 42.5 Å². The van der Waals surface area contributed by atoms with Crippen molar-refractivity contribution in [2.75, 3.05) is 0 Å². The fourth-order valence-electron chi connectivity index (χ4n) is 1.90. The van der Waals surface area contributed by atoms with Crippen LogP contribution in [0.2, 0.25) is 0 Å². The second-order valence-electron chi connectivity index (χ2n) is 4.66. The molecule has 3 nitrogen and oxygen atoms in total. The van der Waals surface area contributed by atoms with Crippen molar-refractivity contribution in [3.63, 3.8) is 0 Å². The van der Waals surface area contributed by atoms with Crippen LogP contribution in [0.5, 0.6) is 11.5 Å². The molecule has 19 heavy (non-hydrogen) atoms. The predicted octanol–water partition coefficient (Wildman–Crippen LogP) is 3.33. The Morgan fingerprint density at radius 1 is 1.16 bits per heavy atom. The SMILES string of the molecule is Cc1cc(C(C)O)ccc1OCc1cccc(O)c1. The van der Waals surface area contributed by atoms with Gasteiger partial charge in [-0.25, -0.2) is 0 Å². The van der Waals surface area contributed by atoms with Gasteiger partial charge >= 0.3 is 0 Å². The molecule has 2 aromatic carbocycles. The number of phenolic OH excluding ortho intramolecular Hbond substituents is 1. The highest BCUT2D eigenvalue weighted by Gasteiger charge is 2.05. The molecule has 0 heterocycles. The van der Waals surface area contributed by atoms with E-state index in [-0.39, 0.29) is 5.75 Å². The van der Waals surface area contributed by atoms with Gasteiger partial charge in [-0.1, -0.05) is 18.2 Å². The van der Waals surface area contributed by atoms with E-state index in [9.17, 15) is 10.2 Å². The van der Waals surface area contributed by atoms with Gasteiger partial charge in [-0.2, -0.15) is 0 Å². The van der Waals surface area contributed by atoms with Crippen molar-refractivity contribution in [2.24, 2.45) is 0 Å². The first-order valence-electron chi connectivity index (χ1n) is 6.25. The molecule has 2 N–H and O–H groups in total. The molecular formula is C16H18O3. The van der Waals surface area contributed by atoms with E-state index in [0.717, 1.165) is 22.4 Å². The molecule has 0 spiro atoms. The van der Waals surface area contributed by atoms with Crippen molar-refractivity contribution < 1.29 is 14.9 Å². The summed E-state index contributed by atoms with van der Waals surface area (Å²) < 4.78 is 5.72. The first-order valence-corrected chi connectivity index (χ1v) is 6.25. The van der Waals surface area contributed by atoms with Crippen LogP contribution in [-0.4, -0.2) is 10.2 Å². The third kappa shape index (κ3) is 3.48. The van der Waals surface area contributed by atoms with Gasteiger partial charge in [0.25, 0.3) is 0 Å². The maximum Gasteiger partial charge on any atom is 0.122 e. The minimum Gasteiger partial charge on any atom is -0.508 e. The first-order chi connectivity index (χ1) is 9.06. The number of phenols is 1. The minimum atomic E-state index is -0.473. The third-order valence-electron chi connectivity index (χ3n) is 2.99. The zero-order valence-electron chi connectivity index (χ0n) is 11.1. The second-order valence-corrected chi connectivity index (χ2v) is 4.66. The van der Waals surface area contributed by atoms with Crippen LogP contribution in [-0.2, 0) is 6.61 Å². The van der Waals surface area contributed by atoms with Gasteiger partial charge in [0.2, 0.25) is 0 Å². The van der Waals surface area contributed by atoms with Crippen LogP contribution in [0.4, 0.5) is 0 Å². The molecule has 0 aliphatic rings. The molecule has 0 radical (unpaired) electrons. The summed E-state index contributed by atoms with van der Waals surface area (Å²) >= 11 is 0. The minimum absolute atomic E-state index is 0.238. The van der Waals surface area contributed by atoms with E-state index in [2.05, 4.69) is 0 Å². The van der Waals surface area contributed by atoms with E-state index in [4.69, 9.17) is 4.74 Å². The van der Waals surface area contributed by atoms with Crippen molar-refractivity contribution in [3.8, 4) is 11.5 Å². The number of aliphatic hydroxyl groups excluding tert-OH is 1. The Kier molecular flexibility index (Phi) is 4.07. The van der Waals surface area contributed by atoms with Crippen molar-refractivity contribution in [1.82, 2.24) is 0 Å². The average molecular weight is 258 g/mol. The van der Waals surface area contributed by atoms with Crippen molar-refractivity contribution >= 4 is 0 Å².